The number of benzene rings is 1. The van der Waals surface area contributed by atoms with Gasteiger partial charge in [-0.25, -0.2) is 0 Å². The Morgan fingerprint density at radius 3 is 2.41 bits per heavy atom. The summed E-state index contributed by atoms with van der Waals surface area (Å²) in [5, 5.41) is 34.4. The maximum atomic E-state index is 10.2. The van der Waals surface area contributed by atoms with E-state index in [1.54, 1.807) is 12.1 Å². The molecule has 0 spiro atoms. The Bertz CT molecular complexity index is 395. The first kappa shape index (κ1) is 12.0. The molecule has 2 rings (SSSR count). The Hall–Kier alpha value is -1.50. The van der Waals surface area contributed by atoms with Crippen LogP contribution in [-0.2, 0) is 0 Å². The van der Waals surface area contributed by atoms with Crippen LogP contribution in [0.2, 0.25) is 0 Å². The van der Waals surface area contributed by atoms with Gasteiger partial charge in [0.1, 0.15) is 11.9 Å². The molecule has 0 amide bonds. The number of aromatic hydroxyl groups is 1. The van der Waals surface area contributed by atoms with Crippen LogP contribution in [0.5, 0.6) is 5.75 Å². The molecule has 0 bridgehead atoms. The lowest BCUT2D eigenvalue weighted by Crippen LogP contribution is -2.35. The van der Waals surface area contributed by atoms with Crippen molar-refractivity contribution in [2.75, 3.05) is 6.54 Å². The summed E-state index contributed by atoms with van der Waals surface area (Å²) in [5.74, 6) is 0.132. The first-order chi connectivity index (χ1) is 8.13. The molecule has 1 aromatic rings. The largest absolute Gasteiger partial charge is 0.508 e. The number of nitrogens with zero attached hydrogens (tertiary/aromatic N) is 1. The van der Waals surface area contributed by atoms with Gasteiger partial charge in [-0.1, -0.05) is 17.3 Å². The molecule has 0 aromatic heterocycles. The molecule has 92 valence electrons. The van der Waals surface area contributed by atoms with E-state index in [0.717, 1.165) is 5.56 Å². The number of hydrogen-bond acceptors (Lipinski definition) is 6. The predicted molar refractivity (Wildman–Crippen MR) is 60.4 cm³/mol. The third-order valence-corrected chi connectivity index (χ3v) is 3.02. The summed E-state index contributed by atoms with van der Waals surface area (Å²) < 4.78 is 0. The van der Waals surface area contributed by atoms with Gasteiger partial charge in [0, 0.05) is 0 Å². The van der Waals surface area contributed by atoms with Crippen molar-refractivity contribution in [1.29, 1.82) is 0 Å². The number of aliphatic hydroxyl groups is 2. The second-order valence-electron chi connectivity index (χ2n) is 4.14. The molecule has 6 heteroatoms. The lowest BCUT2D eigenvalue weighted by atomic mass is 10.0. The van der Waals surface area contributed by atoms with Gasteiger partial charge in [0.15, 0.2) is 0 Å². The second-order valence-corrected chi connectivity index (χ2v) is 4.14. The number of phenols is 1. The van der Waals surface area contributed by atoms with Crippen LogP contribution < -0.4 is 5.32 Å². The molecule has 17 heavy (non-hydrogen) atoms. The van der Waals surface area contributed by atoms with E-state index in [9.17, 15) is 15.1 Å². The van der Waals surface area contributed by atoms with Gasteiger partial charge in [0.2, 0.25) is 0 Å². The quantitative estimate of drug-likeness (QED) is 0.550. The van der Waals surface area contributed by atoms with Crippen LogP contribution >= 0.6 is 0 Å². The maximum Gasteiger partial charge on any atom is 0.115 e. The standard InChI is InChI=1S/C11H14N2O4/c14-7-3-1-6(2-4-7)9-11(16)10(15)8(13-9)5-12-17/h1-4,8-11,13-16H,5H2/t8-,9+,10-,11+/m1/s1. The average molecular weight is 238 g/mol. The number of phenolic OH excluding ortho intramolecular Hbond substituents is 1. The van der Waals surface area contributed by atoms with E-state index in [1.165, 1.54) is 12.1 Å². The monoisotopic (exact) mass is 238 g/mol. The fourth-order valence-corrected chi connectivity index (χ4v) is 2.08. The molecule has 0 radical (unpaired) electrons. The molecule has 1 aromatic carbocycles. The molecule has 6 nitrogen and oxygen atoms in total. The fraction of sp³-hybridized carbons (Fsp3) is 0.455. The van der Waals surface area contributed by atoms with Crippen LogP contribution in [0.1, 0.15) is 11.6 Å². The van der Waals surface area contributed by atoms with Crippen molar-refractivity contribution in [2.45, 2.75) is 24.3 Å². The molecule has 1 aliphatic heterocycles. The second kappa shape index (κ2) is 4.79. The molecule has 1 heterocycles. The highest BCUT2D eigenvalue weighted by molar-refractivity contribution is 5.30. The van der Waals surface area contributed by atoms with Crippen molar-refractivity contribution in [1.82, 2.24) is 5.32 Å². The van der Waals surface area contributed by atoms with E-state index in [1.807, 2.05) is 0 Å². The minimum absolute atomic E-state index is 0.0905. The molecule has 1 aliphatic rings. The highest BCUT2D eigenvalue weighted by Crippen LogP contribution is 2.28. The molecule has 0 unspecified atom stereocenters. The van der Waals surface area contributed by atoms with Gasteiger partial charge in [-0.3, -0.25) is 0 Å². The minimum Gasteiger partial charge on any atom is -0.508 e. The van der Waals surface area contributed by atoms with Gasteiger partial charge in [-0.2, -0.15) is 4.91 Å². The van der Waals surface area contributed by atoms with Gasteiger partial charge in [-0.05, 0) is 17.7 Å². The molecule has 1 fully saturated rings. The van der Waals surface area contributed by atoms with E-state index in [2.05, 4.69) is 10.5 Å². The van der Waals surface area contributed by atoms with Crippen LogP contribution in [0.25, 0.3) is 0 Å². The third-order valence-electron chi connectivity index (χ3n) is 3.02. The van der Waals surface area contributed by atoms with Gasteiger partial charge in [0.25, 0.3) is 0 Å². The lowest BCUT2D eigenvalue weighted by molar-refractivity contribution is 0.0290. The zero-order valence-corrected chi connectivity index (χ0v) is 9.02. The minimum atomic E-state index is -1.02. The van der Waals surface area contributed by atoms with Crippen LogP contribution in [0, 0.1) is 4.91 Å². The van der Waals surface area contributed by atoms with Crippen molar-refractivity contribution in [3.05, 3.63) is 34.7 Å². The molecule has 4 atom stereocenters. The fourth-order valence-electron chi connectivity index (χ4n) is 2.08. The van der Waals surface area contributed by atoms with E-state index in [4.69, 9.17) is 5.11 Å². The van der Waals surface area contributed by atoms with Gasteiger partial charge in [-0.15, -0.1) is 0 Å². The number of rotatable bonds is 3. The Labute approximate surface area is 97.9 Å². The zero-order valence-electron chi connectivity index (χ0n) is 9.02. The zero-order chi connectivity index (χ0) is 12.4. The summed E-state index contributed by atoms with van der Waals surface area (Å²) in [6.07, 6.45) is -2.02. The van der Waals surface area contributed by atoms with Gasteiger partial charge in [0.05, 0.1) is 24.7 Å². The third kappa shape index (κ3) is 2.28. The number of hydrogen-bond donors (Lipinski definition) is 4. The van der Waals surface area contributed by atoms with Crippen molar-refractivity contribution in [3.8, 4) is 5.75 Å². The average Bonchev–Trinajstić information content (AvgIpc) is 2.59. The molecule has 0 saturated carbocycles. The summed E-state index contributed by atoms with van der Waals surface area (Å²) >= 11 is 0. The van der Waals surface area contributed by atoms with Gasteiger partial charge < -0.3 is 20.6 Å². The molecule has 4 N–H and O–H groups in total. The van der Waals surface area contributed by atoms with E-state index in [-0.39, 0.29) is 12.3 Å². The maximum absolute atomic E-state index is 10.2. The van der Waals surface area contributed by atoms with Crippen LogP contribution in [0.4, 0.5) is 0 Å². The molecular formula is C11H14N2O4. The molecule has 0 aliphatic carbocycles. The highest BCUT2D eigenvalue weighted by Gasteiger charge is 2.41. The number of nitroso groups, excluding NO2 is 1. The Balaban J connectivity index is 2.17. The smallest absolute Gasteiger partial charge is 0.115 e. The highest BCUT2D eigenvalue weighted by atomic mass is 16.3. The van der Waals surface area contributed by atoms with E-state index in [0.29, 0.717) is 0 Å². The summed E-state index contributed by atoms with van der Waals surface area (Å²) in [6.45, 7) is -0.0905. The van der Waals surface area contributed by atoms with E-state index < -0.39 is 24.3 Å². The van der Waals surface area contributed by atoms with Crippen LogP contribution in [0.3, 0.4) is 0 Å². The van der Waals surface area contributed by atoms with Gasteiger partial charge >= 0.3 is 0 Å². The number of nitrogens with one attached hydrogen (secondary N) is 1. The summed E-state index contributed by atoms with van der Waals surface area (Å²) in [4.78, 5) is 10.2. The normalized spacial score (nSPS) is 32.6. The SMILES string of the molecule is O=NC[C@H]1N[C@@H](c2ccc(O)cc2)[C@H](O)[C@@H]1O. The van der Waals surface area contributed by atoms with Crippen LogP contribution in [0.15, 0.2) is 29.4 Å². The van der Waals surface area contributed by atoms with E-state index >= 15 is 0 Å². The summed E-state index contributed by atoms with van der Waals surface area (Å²) in [5.41, 5.74) is 0.739. The van der Waals surface area contributed by atoms with Crippen molar-refractivity contribution in [3.63, 3.8) is 0 Å². The first-order valence-electron chi connectivity index (χ1n) is 5.33. The van der Waals surface area contributed by atoms with Crippen LogP contribution in [-0.4, -0.2) is 40.1 Å². The molecular weight excluding hydrogens is 224 g/mol. The Morgan fingerprint density at radius 2 is 1.82 bits per heavy atom. The lowest BCUT2D eigenvalue weighted by Gasteiger charge is -2.16. The van der Waals surface area contributed by atoms with Crippen molar-refractivity contribution < 1.29 is 15.3 Å². The first-order valence-corrected chi connectivity index (χ1v) is 5.33. The van der Waals surface area contributed by atoms with Crippen molar-refractivity contribution in [2.24, 2.45) is 5.18 Å². The Kier molecular flexibility index (Phi) is 3.37. The summed E-state index contributed by atoms with van der Waals surface area (Å²) in [7, 11) is 0. The predicted octanol–water partition coefficient (Wildman–Crippen LogP) is -0.107. The Morgan fingerprint density at radius 1 is 1.18 bits per heavy atom. The molecule has 1 saturated heterocycles. The number of aliphatic hydroxyl groups excluding tert-OH is 2. The van der Waals surface area contributed by atoms with Crippen molar-refractivity contribution >= 4 is 0 Å². The summed E-state index contributed by atoms with van der Waals surface area (Å²) in [6, 6.07) is 5.31. The topological polar surface area (TPSA) is 102 Å².